The number of nitrogens with zero attached hydrogens (tertiary/aromatic N) is 2. The Bertz CT molecular complexity index is 1550. The average molecular weight is 482 g/mol. The van der Waals surface area contributed by atoms with Gasteiger partial charge in [0.15, 0.2) is 11.5 Å². The Morgan fingerprint density at radius 3 is 2.53 bits per heavy atom. The maximum absolute atomic E-state index is 13.5. The van der Waals surface area contributed by atoms with Crippen molar-refractivity contribution in [3.63, 3.8) is 0 Å². The summed E-state index contributed by atoms with van der Waals surface area (Å²) in [5.41, 5.74) is 3.47. The lowest BCUT2D eigenvalue weighted by atomic mass is 9.94. The number of ether oxygens (including phenoxy) is 2. The van der Waals surface area contributed by atoms with Crippen molar-refractivity contribution in [3.05, 3.63) is 89.6 Å². The van der Waals surface area contributed by atoms with Gasteiger partial charge in [-0.3, -0.25) is 14.5 Å². The van der Waals surface area contributed by atoms with Crippen LogP contribution < -0.4 is 19.3 Å². The number of amides is 1. The maximum Gasteiger partial charge on any atom is 0.300 e. The highest BCUT2D eigenvalue weighted by Gasteiger charge is 2.47. The fourth-order valence-electron chi connectivity index (χ4n) is 4.82. The minimum Gasteiger partial charge on any atom is -0.507 e. The highest BCUT2D eigenvalue weighted by Crippen LogP contribution is 2.45. The molecular formula is C28H23N3O5. The topological polar surface area (TPSA) is 95.1 Å². The molecule has 2 aliphatic rings. The SMILES string of the molecule is CN(C)c1ccc(N2C(=O)C(=O)/C(=C(/O)c3ccc4c(c3)OCO4)C2c2c[nH]c3ccccc23)cc1. The number of ketones is 1. The van der Waals surface area contributed by atoms with Gasteiger partial charge in [0.25, 0.3) is 11.7 Å². The molecule has 2 N–H and O–H groups in total. The number of fused-ring (bicyclic) bond motifs is 2. The summed E-state index contributed by atoms with van der Waals surface area (Å²) in [6.45, 7) is 0.0855. The van der Waals surface area contributed by atoms with Crippen molar-refractivity contribution in [2.45, 2.75) is 6.04 Å². The zero-order valence-corrected chi connectivity index (χ0v) is 19.7. The van der Waals surface area contributed by atoms with Gasteiger partial charge in [0.05, 0.1) is 11.6 Å². The van der Waals surface area contributed by atoms with E-state index in [9.17, 15) is 14.7 Å². The highest BCUT2D eigenvalue weighted by atomic mass is 16.7. The Hall–Kier alpha value is -4.72. The third kappa shape index (κ3) is 3.30. The first kappa shape index (κ1) is 21.8. The number of aromatic nitrogens is 1. The van der Waals surface area contributed by atoms with E-state index < -0.39 is 17.7 Å². The van der Waals surface area contributed by atoms with Crippen LogP contribution in [0.4, 0.5) is 11.4 Å². The summed E-state index contributed by atoms with van der Waals surface area (Å²) in [7, 11) is 3.86. The first-order valence-electron chi connectivity index (χ1n) is 11.5. The highest BCUT2D eigenvalue weighted by molar-refractivity contribution is 6.51. The second-order valence-corrected chi connectivity index (χ2v) is 8.94. The van der Waals surface area contributed by atoms with Gasteiger partial charge < -0.3 is 24.5 Å². The zero-order valence-electron chi connectivity index (χ0n) is 19.7. The van der Waals surface area contributed by atoms with Gasteiger partial charge in [0.2, 0.25) is 6.79 Å². The van der Waals surface area contributed by atoms with Gasteiger partial charge >= 0.3 is 0 Å². The Kier molecular flexibility index (Phi) is 4.96. The van der Waals surface area contributed by atoms with Gasteiger partial charge in [-0.25, -0.2) is 0 Å². The summed E-state index contributed by atoms with van der Waals surface area (Å²) in [4.78, 5) is 33.6. The molecule has 180 valence electrons. The standard InChI is InChI=1S/C28H23N3O5/c1-30(2)17-8-10-18(11-9-17)31-25(20-14-29-21-6-4-3-5-19(20)21)24(27(33)28(31)34)26(32)16-7-12-22-23(13-16)36-15-35-22/h3-14,25,29,32H,15H2,1-2H3/b26-24+. The molecule has 8 heteroatoms. The molecule has 6 rings (SSSR count). The first-order valence-corrected chi connectivity index (χ1v) is 11.5. The van der Waals surface area contributed by atoms with Crippen LogP contribution in [0.3, 0.4) is 0 Å². The molecule has 36 heavy (non-hydrogen) atoms. The second-order valence-electron chi connectivity index (χ2n) is 8.94. The number of para-hydroxylation sites is 1. The number of aliphatic hydroxyl groups is 1. The second kappa shape index (κ2) is 8.20. The number of H-pyrrole nitrogens is 1. The van der Waals surface area contributed by atoms with Crippen LogP contribution in [0.25, 0.3) is 16.7 Å². The molecule has 1 atom stereocenters. The fraction of sp³-hybridized carbons (Fsp3) is 0.143. The van der Waals surface area contributed by atoms with E-state index in [4.69, 9.17) is 9.47 Å². The molecule has 3 heterocycles. The van der Waals surface area contributed by atoms with Gasteiger partial charge in [-0.1, -0.05) is 18.2 Å². The van der Waals surface area contributed by atoms with Gasteiger partial charge in [0, 0.05) is 53.7 Å². The van der Waals surface area contributed by atoms with Crippen LogP contribution in [-0.4, -0.2) is 42.7 Å². The number of anilines is 2. The van der Waals surface area contributed by atoms with Crippen molar-refractivity contribution in [1.29, 1.82) is 0 Å². The number of rotatable bonds is 4. The van der Waals surface area contributed by atoms with Crippen molar-refractivity contribution in [2.75, 3.05) is 30.7 Å². The minimum absolute atomic E-state index is 0.0142. The van der Waals surface area contributed by atoms with Crippen molar-refractivity contribution in [3.8, 4) is 11.5 Å². The number of benzene rings is 3. The van der Waals surface area contributed by atoms with Crippen molar-refractivity contribution >= 4 is 39.7 Å². The number of carbonyl (C=O) groups excluding carboxylic acids is 2. The summed E-state index contributed by atoms with van der Waals surface area (Å²) < 4.78 is 10.8. The molecule has 0 spiro atoms. The zero-order chi connectivity index (χ0) is 25.0. The predicted molar refractivity (Wildman–Crippen MR) is 136 cm³/mol. The third-order valence-electron chi connectivity index (χ3n) is 6.65. The molecule has 0 aliphatic carbocycles. The third-order valence-corrected chi connectivity index (χ3v) is 6.65. The quantitative estimate of drug-likeness (QED) is 0.252. The molecule has 2 aliphatic heterocycles. The number of hydrogen-bond donors (Lipinski definition) is 2. The number of aromatic amines is 1. The Labute approximate surface area is 207 Å². The Morgan fingerprint density at radius 1 is 1.00 bits per heavy atom. The molecule has 8 nitrogen and oxygen atoms in total. The van der Waals surface area contributed by atoms with Crippen LogP contribution in [0.15, 0.2) is 78.5 Å². The number of carbonyl (C=O) groups is 2. The molecule has 3 aromatic carbocycles. The molecule has 0 bridgehead atoms. The summed E-state index contributed by atoms with van der Waals surface area (Å²) in [5, 5.41) is 12.3. The normalized spacial score (nSPS) is 18.3. The molecule has 1 amide bonds. The van der Waals surface area contributed by atoms with Crippen LogP contribution in [0.2, 0.25) is 0 Å². The Balaban J connectivity index is 1.56. The number of Topliss-reactive ketones (excluding diaryl/α,β-unsaturated/α-hetero) is 1. The van der Waals surface area contributed by atoms with Gasteiger partial charge in [0.1, 0.15) is 5.76 Å². The van der Waals surface area contributed by atoms with Gasteiger partial charge in [-0.15, -0.1) is 0 Å². The van der Waals surface area contributed by atoms with E-state index in [0.29, 0.717) is 28.3 Å². The van der Waals surface area contributed by atoms with E-state index >= 15 is 0 Å². The molecule has 1 aromatic heterocycles. The van der Waals surface area contributed by atoms with Gasteiger partial charge in [-0.2, -0.15) is 0 Å². The van der Waals surface area contributed by atoms with E-state index in [1.165, 1.54) is 4.90 Å². The smallest absolute Gasteiger partial charge is 0.300 e. The van der Waals surface area contributed by atoms with E-state index in [-0.39, 0.29) is 18.1 Å². The van der Waals surface area contributed by atoms with Crippen LogP contribution in [-0.2, 0) is 9.59 Å². The number of aliphatic hydroxyl groups excluding tert-OH is 1. The molecule has 4 aromatic rings. The van der Waals surface area contributed by atoms with E-state index in [1.807, 2.05) is 67.5 Å². The van der Waals surface area contributed by atoms with Gasteiger partial charge in [-0.05, 0) is 48.5 Å². The summed E-state index contributed by atoms with van der Waals surface area (Å²) in [6.07, 6.45) is 1.79. The van der Waals surface area contributed by atoms with Crippen molar-refractivity contribution < 1.29 is 24.2 Å². The first-order chi connectivity index (χ1) is 17.4. The summed E-state index contributed by atoms with van der Waals surface area (Å²) in [6, 6.07) is 19.2. The molecule has 1 unspecified atom stereocenters. The fourth-order valence-corrected chi connectivity index (χ4v) is 4.82. The summed E-state index contributed by atoms with van der Waals surface area (Å²) >= 11 is 0. The van der Waals surface area contributed by atoms with Crippen molar-refractivity contribution in [2.24, 2.45) is 0 Å². The lowest BCUT2D eigenvalue weighted by Crippen LogP contribution is -2.29. The number of nitrogens with one attached hydrogen (secondary N) is 1. The Morgan fingerprint density at radius 2 is 1.75 bits per heavy atom. The van der Waals surface area contributed by atoms with E-state index in [2.05, 4.69) is 4.98 Å². The van der Waals surface area contributed by atoms with Crippen LogP contribution in [0, 0.1) is 0 Å². The van der Waals surface area contributed by atoms with Crippen LogP contribution in [0.5, 0.6) is 11.5 Å². The largest absolute Gasteiger partial charge is 0.507 e. The minimum atomic E-state index is -0.836. The molecule has 1 saturated heterocycles. The molecule has 0 radical (unpaired) electrons. The van der Waals surface area contributed by atoms with E-state index in [0.717, 1.165) is 16.6 Å². The monoisotopic (exact) mass is 481 g/mol. The predicted octanol–water partition coefficient (Wildman–Crippen LogP) is 4.59. The van der Waals surface area contributed by atoms with E-state index in [1.54, 1.807) is 24.4 Å². The lowest BCUT2D eigenvalue weighted by molar-refractivity contribution is -0.132. The molecule has 0 saturated carbocycles. The lowest BCUT2D eigenvalue weighted by Gasteiger charge is -2.25. The molecular weight excluding hydrogens is 458 g/mol. The summed E-state index contributed by atoms with van der Waals surface area (Å²) in [5.74, 6) is -0.700. The molecule has 1 fully saturated rings. The van der Waals surface area contributed by atoms with Crippen LogP contribution in [0.1, 0.15) is 17.2 Å². The van der Waals surface area contributed by atoms with Crippen molar-refractivity contribution in [1.82, 2.24) is 4.98 Å². The number of hydrogen-bond acceptors (Lipinski definition) is 6. The van der Waals surface area contributed by atoms with Crippen LogP contribution >= 0.6 is 0 Å². The maximum atomic E-state index is 13.5. The average Bonchev–Trinajstić information content (AvgIpc) is 3.60.